The van der Waals surface area contributed by atoms with Crippen LogP contribution in [0.5, 0.6) is 0 Å². The lowest BCUT2D eigenvalue weighted by atomic mass is 10.1. The van der Waals surface area contributed by atoms with Crippen molar-refractivity contribution >= 4 is 5.91 Å². The van der Waals surface area contributed by atoms with Gasteiger partial charge in [-0.15, -0.1) is 0 Å². The number of benzene rings is 1. The molecule has 1 saturated heterocycles. The highest BCUT2D eigenvalue weighted by molar-refractivity contribution is 5.92. The summed E-state index contributed by atoms with van der Waals surface area (Å²) in [4.78, 5) is 23.3. The smallest absolute Gasteiger partial charge is 0.255 e. The van der Waals surface area contributed by atoms with E-state index in [1.165, 1.54) is 22.9 Å². The van der Waals surface area contributed by atoms with E-state index in [4.69, 9.17) is 10.5 Å². The topological polar surface area (TPSA) is 74.3 Å². The van der Waals surface area contributed by atoms with E-state index in [-0.39, 0.29) is 11.7 Å². The van der Waals surface area contributed by atoms with Crippen LogP contribution in [0.2, 0.25) is 0 Å². The average molecular weight is 284 g/mol. The molecule has 2 N–H and O–H groups in total. The maximum atomic E-state index is 12.0. The lowest BCUT2D eigenvalue weighted by Crippen LogP contribution is -2.21. The number of primary amides is 1. The zero-order valence-electron chi connectivity index (χ0n) is 11.5. The molecule has 0 bridgehead atoms. The highest BCUT2D eigenvalue weighted by Crippen LogP contribution is 2.29. The summed E-state index contributed by atoms with van der Waals surface area (Å²) < 4.78 is 7.09. The molecule has 0 saturated carbocycles. The minimum Gasteiger partial charge on any atom is -0.374 e. The summed E-state index contributed by atoms with van der Waals surface area (Å²) in [6, 6.07) is 10.4. The van der Waals surface area contributed by atoms with Gasteiger partial charge in [-0.2, -0.15) is 0 Å². The normalized spacial score (nSPS) is 17.8. The second-order valence-corrected chi connectivity index (χ2v) is 5.09. The quantitative estimate of drug-likeness (QED) is 0.933. The molecule has 0 aliphatic carbocycles. The Hall–Kier alpha value is -2.40. The maximum absolute atomic E-state index is 12.0. The molecule has 5 heteroatoms. The van der Waals surface area contributed by atoms with E-state index in [9.17, 15) is 9.59 Å². The molecule has 108 valence electrons. The number of aromatic nitrogens is 1. The summed E-state index contributed by atoms with van der Waals surface area (Å²) in [6.45, 7) is 0.770. The molecule has 3 rings (SSSR count). The van der Waals surface area contributed by atoms with Crippen LogP contribution < -0.4 is 11.3 Å². The third-order valence-corrected chi connectivity index (χ3v) is 3.65. The number of amides is 1. The van der Waals surface area contributed by atoms with Gasteiger partial charge in [-0.3, -0.25) is 14.2 Å². The summed E-state index contributed by atoms with van der Waals surface area (Å²) in [5.74, 6) is -0.556. The lowest BCUT2D eigenvalue weighted by Gasteiger charge is -2.13. The van der Waals surface area contributed by atoms with E-state index in [2.05, 4.69) is 0 Å². The fourth-order valence-corrected chi connectivity index (χ4v) is 2.55. The second kappa shape index (κ2) is 5.54. The lowest BCUT2D eigenvalue weighted by molar-refractivity contribution is 0.0999. The summed E-state index contributed by atoms with van der Waals surface area (Å²) in [7, 11) is 0. The highest BCUT2D eigenvalue weighted by atomic mass is 16.5. The summed E-state index contributed by atoms with van der Waals surface area (Å²) >= 11 is 0. The maximum Gasteiger partial charge on any atom is 0.255 e. The molecule has 1 atom stereocenters. The average Bonchev–Trinajstić information content (AvgIpc) is 3.02. The summed E-state index contributed by atoms with van der Waals surface area (Å²) in [5.41, 5.74) is 7.11. The van der Waals surface area contributed by atoms with Gasteiger partial charge in [0.15, 0.2) is 0 Å². The zero-order chi connectivity index (χ0) is 14.8. The molecule has 1 aliphatic rings. The van der Waals surface area contributed by atoms with Crippen LogP contribution in [0.15, 0.2) is 47.4 Å². The molecule has 1 fully saturated rings. The van der Waals surface area contributed by atoms with Crippen LogP contribution >= 0.6 is 0 Å². The largest absolute Gasteiger partial charge is 0.374 e. The van der Waals surface area contributed by atoms with Crippen molar-refractivity contribution in [1.82, 2.24) is 4.57 Å². The van der Waals surface area contributed by atoms with Gasteiger partial charge in [0.25, 0.3) is 5.56 Å². The fourth-order valence-electron chi connectivity index (χ4n) is 2.55. The van der Waals surface area contributed by atoms with Crippen LogP contribution in [0.3, 0.4) is 0 Å². The minimum atomic E-state index is -0.556. The van der Waals surface area contributed by atoms with Crippen molar-refractivity contribution in [1.29, 1.82) is 0 Å². The standard InChI is InChI=1S/C16H16N2O3/c17-16(20)12-6-7-15(19)18(10-12)13-4-1-3-11(9-13)14-5-2-8-21-14/h1,3-4,6-7,9-10,14H,2,5,8H2,(H2,17,20). The zero-order valence-corrected chi connectivity index (χ0v) is 11.5. The number of nitrogens with two attached hydrogens (primary N) is 1. The fraction of sp³-hybridized carbons (Fsp3) is 0.250. The predicted octanol–water partition coefficient (Wildman–Crippen LogP) is 1.79. The Morgan fingerprint density at radius 1 is 1.29 bits per heavy atom. The molecule has 1 aromatic carbocycles. The van der Waals surface area contributed by atoms with E-state index in [0.717, 1.165) is 25.0 Å². The van der Waals surface area contributed by atoms with Crippen molar-refractivity contribution in [2.45, 2.75) is 18.9 Å². The van der Waals surface area contributed by atoms with Crippen molar-refractivity contribution in [3.05, 3.63) is 64.1 Å². The first-order chi connectivity index (χ1) is 10.1. The molecule has 21 heavy (non-hydrogen) atoms. The monoisotopic (exact) mass is 284 g/mol. The molecule has 5 nitrogen and oxygen atoms in total. The van der Waals surface area contributed by atoms with Crippen molar-refractivity contribution in [2.75, 3.05) is 6.61 Å². The molecule has 2 aromatic rings. The number of carbonyl (C=O) groups is 1. The van der Waals surface area contributed by atoms with E-state index < -0.39 is 5.91 Å². The Morgan fingerprint density at radius 2 is 2.14 bits per heavy atom. The SMILES string of the molecule is NC(=O)c1ccc(=O)n(-c2cccc(C3CCCO3)c2)c1. The third kappa shape index (κ3) is 2.73. The molecule has 1 amide bonds. The van der Waals surface area contributed by atoms with Gasteiger partial charge in [0.1, 0.15) is 0 Å². The van der Waals surface area contributed by atoms with Crippen molar-refractivity contribution in [3.8, 4) is 5.69 Å². The Bertz CT molecular complexity index is 730. The van der Waals surface area contributed by atoms with Gasteiger partial charge >= 0.3 is 0 Å². The van der Waals surface area contributed by atoms with Crippen LogP contribution in [-0.2, 0) is 4.74 Å². The first-order valence-corrected chi connectivity index (χ1v) is 6.89. The van der Waals surface area contributed by atoms with Gasteiger partial charge in [-0.1, -0.05) is 12.1 Å². The Balaban J connectivity index is 2.04. The van der Waals surface area contributed by atoms with Crippen LogP contribution in [0, 0.1) is 0 Å². The number of hydrogen-bond acceptors (Lipinski definition) is 3. The molecule has 0 spiro atoms. The minimum absolute atomic E-state index is 0.0833. The number of nitrogens with zero attached hydrogens (tertiary/aromatic N) is 1. The Labute approximate surface area is 122 Å². The van der Waals surface area contributed by atoms with Gasteiger partial charge in [-0.25, -0.2) is 0 Å². The van der Waals surface area contributed by atoms with Crippen LogP contribution in [0.25, 0.3) is 5.69 Å². The van der Waals surface area contributed by atoms with Gasteiger partial charge < -0.3 is 10.5 Å². The third-order valence-electron chi connectivity index (χ3n) is 3.65. The molecular formula is C16H16N2O3. The van der Waals surface area contributed by atoms with Crippen LogP contribution in [0.4, 0.5) is 0 Å². The number of ether oxygens (including phenoxy) is 1. The second-order valence-electron chi connectivity index (χ2n) is 5.09. The molecule has 1 aromatic heterocycles. The van der Waals surface area contributed by atoms with Gasteiger partial charge in [0.05, 0.1) is 11.7 Å². The summed E-state index contributed by atoms with van der Waals surface area (Å²) in [5, 5.41) is 0. The van der Waals surface area contributed by atoms with Crippen LogP contribution in [0.1, 0.15) is 34.9 Å². The predicted molar refractivity (Wildman–Crippen MR) is 78.5 cm³/mol. The molecule has 1 aliphatic heterocycles. The van der Waals surface area contributed by atoms with Crippen molar-refractivity contribution in [3.63, 3.8) is 0 Å². The van der Waals surface area contributed by atoms with Gasteiger partial charge in [0.2, 0.25) is 5.91 Å². The highest BCUT2D eigenvalue weighted by Gasteiger charge is 2.18. The Morgan fingerprint density at radius 3 is 2.86 bits per heavy atom. The molecule has 1 unspecified atom stereocenters. The number of pyridine rings is 1. The molecular weight excluding hydrogens is 268 g/mol. The molecule has 2 heterocycles. The van der Waals surface area contributed by atoms with E-state index in [1.54, 1.807) is 0 Å². The first-order valence-electron chi connectivity index (χ1n) is 6.89. The van der Waals surface area contributed by atoms with E-state index >= 15 is 0 Å². The van der Waals surface area contributed by atoms with E-state index in [1.807, 2.05) is 24.3 Å². The van der Waals surface area contributed by atoms with E-state index in [0.29, 0.717) is 11.3 Å². The number of rotatable bonds is 3. The number of carbonyl (C=O) groups excluding carboxylic acids is 1. The number of hydrogen-bond donors (Lipinski definition) is 1. The van der Waals surface area contributed by atoms with Crippen molar-refractivity contribution in [2.24, 2.45) is 5.73 Å². The van der Waals surface area contributed by atoms with Gasteiger partial charge in [0, 0.05) is 24.6 Å². The van der Waals surface area contributed by atoms with Gasteiger partial charge in [-0.05, 0) is 36.6 Å². The van der Waals surface area contributed by atoms with Crippen molar-refractivity contribution < 1.29 is 9.53 Å². The molecule has 0 radical (unpaired) electrons. The van der Waals surface area contributed by atoms with Crippen LogP contribution in [-0.4, -0.2) is 17.1 Å². The Kier molecular flexibility index (Phi) is 3.58. The first kappa shape index (κ1) is 13.6. The summed E-state index contributed by atoms with van der Waals surface area (Å²) in [6.07, 6.45) is 3.59.